The van der Waals surface area contributed by atoms with Gasteiger partial charge in [0.1, 0.15) is 0 Å². The zero-order chi connectivity index (χ0) is 11.6. The van der Waals surface area contributed by atoms with Gasteiger partial charge in [0.05, 0.1) is 4.75 Å². The first-order chi connectivity index (χ1) is 7.60. The lowest BCUT2D eigenvalue weighted by atomic mass is 10.0. The maximum absolute atomic E-state index is 12.1. The molecular weight excluding hydrogens is 333 g/mol. The normalized spacial score (nSPS) is 24.4. The monoisotopic (exact) mass is 347 g/mol. The Kier molecular flexibility index (Phi) is 3.79. The van der Waals surface area contributed by atoms with Crippen molar-refractivity contribution < 1.29 is 4.79 Å². The third-order valence-electron chi connectivity index (χ3n) is 2.78. The largest absolute Gasteiger partial charge is 0.325 e. The smallest absolute Gasteiger partial charge is 0.240 e. The van der Waals surface area contributed by atoms with Crippen molar-refractivity contribution >= 4 is 45.9 Å². The summed E-state index contributed by atoms with van der Waals surface area (Å²) in [5.41, 5.74) is 0.894. The Morgan fingerprint density at radius 3 is 3.00 bits per heavy atom. The molecule has 1 unspecified atom stereocenters. The molecule has 1 atom stereocenters. The number of thioether (sulfide) groups is 1. The molecule has 0 spiro atoms. The second kappa shape index (κ2) is 4.96. The second-order valence-electron chi connectivity index (χ2n) is 4.15. The second-order valence-corrected chi connectivity index (χ2v) is 6.99. The molecule has 0 bridgehead atoms. The van der Waals surface area contributed by atoms with Crippen LogP contribution in [0.4, 0.5) is 5.69 Å². The average Bonchev–Trinajstić information content (AvgIpc) is 2.66. The van der Waals surface area contributed by atoms with Crippen molar-refractivity contribution in [3.8, 4) is 0 Å². The van der Waals surface area contributed by atoms with Gasteiger partial charge in [-0.1, -0.05) is 6.07 Å². The van der Waals surface area contributed by atoms with Crippen LogP contribution in [0.3, 0.4) is 0 Å². The third-order valence-corrected chi connectivity index (χ3v) is 4.97. The molecule has 1 amide bonds. The predicted octanol–water partition coefficient (Wildman–Crippen LogP) is 3.52. The summed E-state index contributed by atoms with van der Waals surface area (Å²) in [6.45, 7) is 2.04. The number of amides is 1. The maximum atomic E-state index is 12.1. The molecule has 1 aliphatic rings. The van der Waals surface area contributed by atoms with E-state index in [1.54, 1.807) is 11.8 Å². The molecule has 86 valence electrons. The summed E-state index contributed by atoms with van der Waals surface area (Å²) in [6, 6.07) is 7.90. The lowest BCUT2D eigenvalue weighted by molar-refractivity contribution is -0.118. The van der Waals surface area contributed by atoms with Crippen LogP contribution in [0.2, 0.25) is 0 Å². The maximum Gasteiger partial charge on any atom is 0.240 e. The van der Waals surface area contributed by atoms with E-state index in [1.807, 2.05) is 31.2 Å². The van der Waals surface area contributed by atoms with E-state index in [0.29, 0.717) is 0 Å². The molecule has 4 heteroatoms. The van der Waals surface area contributed by atoms with Crippen LogP contribution in [0.25, 0.3) is 0 Å². The molecule has 16 heavy (non-hydrogen) atoms. The first kappa shape index (κ1) is 12.2. The van der Waals surface area contributed by atoms with Crippen molar-refractivity contribution in [1.29, 1.82) is 0 Å². The van der Waals surface area contributed by atoms with Crippen LogP contribution in [0, 0.1) is 3.57 Å². The number of benzene rings is 1. The standard InChI is InChI=1S/C12H14INOS/c1-12(6-3-7-16-12)11(15)14-10-5-2-4-9(13)8-10/h2,4-5,8H,3,6-7H2,1H3,(H,14,15). The minimum Gasteiger partial charge on any atom is -0.325 e. The number of carbonyl (C=O) groups is 1. The molecule has 0 radical (unpaired) electrons. The number of hydrogen-bond acceptors (Lipinski definition) is 2. The third kappa shape index (κ3) is 2.71. The molecule has 0 saturated carbocycles. The van der Waals surface area contributed by atoms with E-state index in [0.717, 1.165) is 27.9 Å². The van der Waals surface area contributed by atoms with Crippen molar-refractivity contribution in [1.82, 2.24) is 0 Å². The van der Waals surface area contributed by atoms with E-state index in [9.17, 15) is 4.79 Å². The van der Waals surface area contributed by atoms with Crippen LogP contribution >= 0.6 is 34.4 Å². The van der Waals surface area contributed by atoms with Crippen molar-refractivity contribution in [3.63, 3.8) is 0 Å². The van der Waals surface area contributed by atoms with Crippen LogP contribution in [0.15, 0.2) is 24.3 Å². The van der Waals surface area contributed by atoms with Gasteiger partial charge in [-0.25, -0.2) is 0 Å². The molecule has 1 aromatic carbocycles. The van der Waals surface area contributed by atoms with Crippen LogP contribution in [0.1, 0.15) is 19.8 Å². The summed E-state index contributed by atoms with van der Waals surface area (Å²) >= 11 is 4.01. The van der Waals surface area contributed by atoms with Gasteiger partial charge in [-0.15, -0.1) is 11.8 Å². The Labute approximate surface area is 114 Å². The molecule has 2 nitrogen and oxygen atoms in total. The highest BCUT2D eigenvalue weighted by atomic mass is 127. The molecule has 1 N–H and O–H groups in total. The Balaban J connectivity index is 2.07. The van der Waals surface area contributed by atoms with Crippen LogP contribution in [0.5, 0.6) is 0 Å². The Bertz CT molecular complexity index is 402. The van der Waals surface area contributed by atoms with Crippen LogP contribution in [-0.4, -0.2) is 16.4 Å². The molecule has 1 fully saturated rings. The number of anilines is 1. The molecule has 1 aromatic rings. The number of halogens is 1. The quantitative estimate of drug-likeness (QED) is 0.830. The number of rotatable bonds is 2. The van der Waals surface area contributed by atoms with E-state index < -0.39 is 0 Å². The van der Waals surface area contributed by atoms with Crippen LogP contribution < -0.4 is 5.32 Å². The van der Waals surface area contributed by atoms with Crippen molar-refractivity contribution in [3.05, 3.63) is 27.8 Å². The minimum absolute atomic E-state index is 0.136. The number of nitrogens with one attached hydrogen (secondary N) is 1. The summed E-state index contributed by atoms with van der Waals surface area (Å²) in [7, 11) is 0. The summed E-state index contributed by atoms with van der Waals surface area (Å²) in [5.74, 6) is 1.23. The summed E-state index contributed by atoms with van der Waals surface area (Å²) in [4.78, 5) is 12.1. The molecule has 2 rings (SSSR count). The minimum atomic E-state index is -0.235. The highest BCUT2D eigenvalue weighted by molar-refractivity contribution is 14.1. The SMILES string of the molecule is CC1(C(=O)Nc2cccc(I)c2)CCCS1. The molecular formula is C12H14INOS. The molecule has 0 aliphatic carbocycles. The number of carbonyl (C=O) groups excluding carboxylic acids is 1. The van der Waals surface area contributed by atoms with Gasteiger partial charge in [0.25, 0.3) is 0 Å². The summed E-state index contributed by atoms with van der Waals surface area (Å²) < 4.78 is 0.904. The number of hydrogen-bond donors (Lipinski definition) is 1. The fourth-order valence-corrected chi connectivity index (χ4v) is 3.54. The topological polar surface area (TPSA) is 29.1 Å². The fourth-order valence-electron chi connectivity index (χ4n) is 1.79. The zero-order valence-corrected chi connectivity index (χ0v) is 12.1. The highest BCUT2D eigenvalue weighted by Crippen LogP contribution is 2.38. The highest BCUT2D eigenvalue weighted by Gasteiger charge is 2.37. The van der Waals surface area contributed by atoms with Gasteiger partial charge in [0.2, 0.25) is 5.91 Å². The lowest BCUT2D eigenvalue weighted by Crippen LogP contribution is -2.34. The Hall–Kier alpha value is -0.230. The average molecular weight is 347 g/mol. The van der Waals surface area contributed by atoms with E-state index in [4.69, 9.17) is 0 Å². The fraction of sp³-hybridized carbons (Fsp3) is 0.417. The Morgan fingerprint density at radius 2 is 2.38 bits per heavy atom. The molecule has 1 heterocycles. The van der Waals surface area contributed by atoms with Gasteiger partial charge in [0, 0.05) is 9.26 Å². The van der Waals surface area contributed by atoms with Gasteiger partial charge in [-0.3, -0.25) is 4.79 Å². The Morgan fingerprint density at radius 1 is 1.56 bits per heavy atom. The van der Waals surface area contributed by atoms with Crippen LogP contribution in [-0.2, 0) is 4.79 Å². The lowest BCUT2D eigenvalue weighted by Gasteiger charge is -2.21. The predicted molar refractivity (Wildman–Crippen MR) is 77.9 cm³/mol. The molecule has 1 aliphatic heterocycles. The summed E-state index contributed by atoms with van der Waals surface area (Å²) in [6.07, 6.45) is 2.12. The van der Waals surface area contributed by atoms with Gasteiger partial charge in [0.15, 0.2) is 0 Å². The van der Waals surface area contributed by atoms with E-state index in [1.165, 1.54) is 0 Å². The van der Waals surface area contributed by atoms with Crippen molar-refractivity contribution in [2.24, 2.45) is 0 Å². The van der Waals surface area contributed by atoms with Gasteiger partial charge >= 0.3 is 0 Å². The first-order valence-electron chi connectivity index (χ1n) is 5.31. The summed E-state index contributed by atoms with van der Waals surface area (Å²) in [5, 5.41) is 3.00. The zero-order valence-electron chi connectivity index (χ0n) is 9.13. The van der Waals surface area contributed by atoms with Gasteiger partial charge in [-0.05, 0) is 66.3 Å². The van der Waals surface area contributed by atoms with Gasteiger partial charge in [-0.2, -0.15) is 0 Å². The van der Waals surface area contributed by atoms with Crippen molar-refractivity contribution in [2.45, 2.75) is 24.5 Å². The first-order valence-corrected chi connectivity index (χ1v) is 7.38. The molecule has 0 aromatic heterocycles. The van der Waals surface area contributed by atoms with E-state index in [-0.39, 0.29) is 10.7 Å². The molecule has 1 saturated heterocycles. The van der Waals surface area contributed by atoms with E-state index >= 15 is 0 Å². The van der Waals surface area contributed by atoms with E-state index in [2.05, 4.69) is 27.9 Å². The van der Waals surface area contributed by atoms with Crippen molar-refractivity contribution in [2.75, 3.05) is 11.1 Å². The van der Waals surface area contributed by atoms with Gasteiger partial charge < -0.3 is 5.32 Å².